The molecule has 0 amide bonds. The van der Waals surface area contributed by atoms with Crippen molar-refractivity contribution in [2.45, 2.75) is 6.92 Å². The summed E-state index contributed by atoms with van der Waals surface area (Å²) >= 11 is 3.50. The lowest BCUT2D eigenvalue weighted by Gasteiger charge is -2.26. The predicted octanol–water partition coefficient (Wildman–Crippen LogP) is 2.43. The lowest BCUT2D eigenvalue weighted by atomic mass is 10.2. The average molecular weight is 393 g/mol. The maximum Gasteiger partial charge on any atom is 0.244 e. The highest BCUT2D eigenvalue weighted by Gasteiger charge is 2.09. The van der Waals surface area contributed by atoms with Gasteiger partial charge in [0.25, 0.3) is 0 Å². The molecule has 2 heterocycles. The van der Waals surface area contributed by atoms with Crippen LogP contribution in [0.15, 0.2) is 28.9 Å². The normalized spacial score (nSPS) is 15.2. The van der Waals surface area contributed by atoms with Gasteiger partial charge in [-0.2, -0.15) is 10.1 Å². The first-order chi connectivity index (χ1) is 11.7. The fourth-order valence-electron chi connectivity index (χ4n) is 2.46. The van der Waals surface area contributed by atoms with Gasteiger partial charge in [0, 0.05) is 36.3 Å². The highest BCUT2D eigenvalue weighted by molar-refractivity contribution is 9.10. The first-order valence-corrected chi connectivity index (χ1v) is 8.77. The van der Waals surface area contributed by atoms with E-state index in [0.717, 1.165) is 55.1 Å². The number of benzene rings is 1. The van der Waals surface area contributed by atoms with Gasteiger partial charge in [-0.25, -0.2) is 0 Å². The maximum absolute atomic E-state index is 5.34. The SMILES string of the molecule is Cc1cc(Nc2cnnc(NCCN3CCOCC3)n2)ccc1Br. The van der Waals surface area contributed by atoms with Gasteiger partial charge >= 0.3 is 0 Å². The van der Waals surface area contributed by atoms with E-state index in [1.165, 1.54) is 0 Å². The molecule has 7 nitrogen and oxygen atoms in total. The molecular formula is C16H21BrN6O. The lowest BCUT2D eigenvalue weighted by molar-refractivity contribution is 0.0398. The Balaban J connectivity index is 1.54. The summed E-state index contributed by atoms with van der Waals surface area (Å²) in [7, 11) is 0. The van der Waals surface area contributed by atoms with E-state index in [1.54, 1.807) is 6.20 Å². The zero-order chi connectivity index (χ0) is 16.8. The van der Waals surface area contributed by atoms with Gasteiger partial charge < -0.3 is 15.4 Å². The Bertz CT molecular complexity index is 677. The molecule has 3 rings (SSSR count). The first-order valence-electron chi connectivity index (χ1n) is 7.97. The van der Waals surface area contributed by atoms with Crippen LogP contribution in [-0.4, -0.2) is 59.5 Å². The largest absolute Gasteiger partial charge is 0.379 e. The molecule has 2 aromatic rings. The van der Waals surface area contributed by atoms with Crippen molar-refractivity contribution in [1.82, 2.24) is 20.1 Å². The van der Waals surface area contributed by atoms with Gasteiger partial charge in [0.2, 0.25) is 5.95 Å². The molecule has 0 radical (unpaired) electrons. The monoisotopic (exact) mass is 392 g/mol. The Labute approximate surface area is 150 Å². The van der Waals surface area contributed by atoms with Crippen molar-refractivity contribution in [2.24, 2.45) is 0 Å². The van der Waals surface area contributed by atoms with Gasteiger partial charge in [-0.05, 0) is 30.7 Å². The van der Waals surface area contributed by atoms with Crippen LogP contribution < -0.4 is 10.6 Å². The molecular weight excluding hydrogens is 372 g/mol. The molecule has 1 fully saturated rings. The Hall–Kier alpha value is -1.77. The minimum Gasteiger partial charge on any atom is -0.379 e. The van der Waals surface area contributed by atoms with Crippen LogP contribution in [0, 0.1) is 6.92 Å². The Morgan fingerprint density at radius 2 is 2.12 bits per heavy atom. The van der Waals surface area contributed by atoms with Crippen LogP contribution in [0.5, 0.6) is 0 Å². The van der Waals surface area contributed by atoms with E-state index < -0.39 is 0 Å². The van der Waals surface area contributed by atoms with Crippen LogP contribution in [-0.2, 0) is 4.74 Å². The van der Waals surface area contributed by atoms with Crippen molar-refractivity contribution in [3.8, 4) is 0 Å². The Kier molecular flexibility index (Phi) is 5.95. The Morgan fingerprint density at radius 3 is 2.92 bits per heavy atom. The molecule has 8 heteroatoms. The summed E-state index contributed by atoms with van der Waals surface area (Å²) < 4.78 is 6.43. The molecule has 1 aromatic heterocycles. The highest BCUT2D eigenvalue weighted by Crippen LogP contribution is 2.22. The van der Waals surface area contributed by atoms with Gasteiger partial charge in [0.15, 0.2) is 5.82 Å². The Morgan fingerprint density at radius 1 is 1.29 bits per heavy atom. The van der Waals surface area contributed by atoms with E-state index in [2.05, 4.69) is 52.7 Å². The number of nitrogens with one attached hydrogen (secondary N) is 2. The second kappa shape index (κ2) is 8.36. The van der Waals surface area contributed by atoms with Crippen molar-refractivity contribution < 1.29 is 4.74 Å². The lowest BCUT2D eigenvalue weighted by Crippen LogP contribution is -2.39. The molecule has 0 spiro atoms. The second-order valence-electron chi connectivity index (χ2n) is 5.63. The van der Waals surface area contributed by atoms with E-state index in [0.29, 0.717) is 11.8 Å². The molecule has 24 heavy (non-hydrogen) atoms. The molecule has 1 saturated heterocycles. The first kappa shape index (κ1) is 17.1. The van der Waals surface area contributed by atoms with E-state index in [-0.39, 0.29) is 0 Å². The van der Waals surface area contributed by atoms with Crippen molar-refractivity contribution in [1.29, 1.82) is 0 Å². The minimum absolute atomic E-state index is 0.530. The van der Waals surface area contributed by atoms with E-state index in [4.69, 9.17) is 4.74 Å². The van der Waals surface area contributed by atoms with Crippen LogP contribution in [0.4, 0.5) is 17.5 Å². The number of nitrogens with zero attached hydrogens (tertiary/aromatic N) is 4. The van der Waals surface area contributed by atoms with Crippen molar-refractivity contribution in [2.75, 3.05) is 50.0 Å². The van der Waals surface area contributed by atoms with Crippen LogP contribution in [0.25, 0.3) is 0 Å². The molecule has 2 N–H and O–H groups in total. The fraction of sp³-hybridized carbons (Fsp3) is 0.438. The molecule has 0 unspecified atom stereocenters. The number of halogens is 1. The number of aromatic nitrogens is 3. The second-order valence-corrected chi connectivity index (χ2v) is 6.49. The predicted molar refractivity (Wildman–Crippen MR) is 97.7 cm³/mol. The smallest absolute Gasteiger partial charge is 0.244 e. The average Bonchev–Trinajstić information content (AvgIpc) is 2.60. The van der Waals surface area contributed by atoms with E-state index in [9.17, 15) is 0 Å². The molecule has 0 aliphatic carbocycles. The number of hydrogen-bond donors (Lipinski definition) is 2. The third-order valence-corrected chi connectivity index (χ3v) is 4.69. The topological polar surface area (TPSA) is 75.2 Å². The van der Waals surface area contributed by atoms with Gasteiger partial charge in [-0.15, -0.1) is 5.10 Å². The number of anilines is 3. The van der Waals surface area contributed by atoms with E-state index in [1.807, 2.05) is 19.1 Å². The van der Waals surface area contributed by atoms with Gasteiger partial charge in [0.1, 0.15) is 0 Å². The van der Waals surface area contributed by atoms with Crippen molar-refractivity contribution in [3.05, 3.63) is 34.4 Å². The standard InChI is InChI=1S/C16H21BrN6O/c1-12-10-13(2-3-14(12)17)20-15-11-19-22-16(21-15)18-4-5-23-6-8-24-9-7-23/h2-3,10-11H,4-9H2,1H3,(H2,18,20,21,22). The number of rotatable bonds is 6. The van der Waals surface area contributed by atoms with E-state index >= 15 is 0 Å². The molecule has 0 bridgehead atoms. The maximum atomic E-state index is 5.34. The zero-order valence-electron chi connectivity index (χ0n) is 13.6. The highest BCUT2D eigenvalue weighted by atomic mass is 79.9. The molecule has 0 atom stereocenters. The number of morpholine rings is 1. The summed E-state index contributed by atoms with van der Waals surface area (Å²) in [6, 6.07) is 6.05. The molecule has 1 aliphatic rings. The van der Waals surface area contributed by atoms with Crippen LogP contribution in [0.2, 0.25) is 0 Å². The number of hydrogen-bond acceptors (Lipinski definition) is 7. The third-order valence-electron chi connectivity index (χ3n) is 3.80. The van der Waals surface area contributed by atoms with Crippen LogP contribution in [0.3, 0.4) is 0 Å². The van der Waals surface area contributed by atoms with Gasteiger partial charge in [-0.1, -0.05) is 15.9 Å². The van der Waals surface area contributed by atoms with Gasteiger partial charge in [0.05, 0.1) is 19.4 Å². The quantitative estimate of drug-likeness (QED) is 0.781. The van der Waals surface area contributed by atoms with Crippen molar-refractivity contribution in [3.63, 3.8) is 0 Å². The van der Waals surface area contributed by atoms with Crippen LogP contribution in [0.1, 0.15) is 5.56 Å². The number of aryl methyl sites for hydroxylation is 1. The summed E-state index contributed by atoms with van der Waals surface area (Å²) in [6.45, 7) is 7.34. The summed E-state index contributed by atoms with van der Waals surface area (Å²) in [5.41, 5.74) is 2.13. The molecule has 1 aliphatic heterocycles. The fourth-order valence-corrected chi connectivity index (χ4v) is 2.71. The summed E-state index contributed by atoms with van der Waals surface area (Å²) in [6.07, 6.45) is 1.62. The molecule has 0 saturated carbocycles. The summed E-state index contributed by atoms with van der Waals surface area (Å²) in [4.78, 5) is 6.81. The zero-order valence-corrected chi connectivity index (χ0v) is 15.2. The summed E-state index contributed by atoms with van der Waals surface area (Å²) in [5.74, 6) is 1.20. The minimum atomic E-state index is 0.530. The summed E-state index contributed by atoms with van der Waals surface area (Å²) in [5, 5.41) is 14.5. The van der Waals surface area contributed by atoms with Gasteiger partial charge in [-0.3, -0.25) is 4.90 Å². The number of ether oxygens (including phenoxy) is 1. The van der Waals surface area contributed by atoms with Crippen molar-refractivity contribution >= 4 is 33.4 Å². The molecule has 128 valence electrons. The molecule has 1 aromatic carbocycles. The van der Waals surface area contributed by atoms with Crippen LogP contribution >= 0.6 is 15.9 Å². The third kappa shape index (κ3) is 4.86.